The molecule has 122 valence electrons. The van der Waals surface area contributed by atoms with Crippen molar-refractivity contribution < 1.29 is 17.9 Å². The van der Waals surface area contributed by atoms with Crippen LogP contribution in [-0.2, 0) is 10.9 Å². The van der Waals surface area contributed by atoms with Crippen molar-refractivity contribution in [2.75, 3.05) is 31.2 Å². The number of morpholine rings is 1. The van der Waals surface area contributed by atoms with E-state index >= 15 is 0 Å². The summed E-state index contributed by atoms with van der Waals surface area (Å²) in [5.74, 6) is 0. The number of H-pyrrole nitrogens is 1. The zero-order valence-electron chi connectivity index (χ0n) is 12.2. The van der Waals surface area contributed by atoms with Gasteiger partial charge in [0.25, 0.3) is 0 Å². The van der Waals surface area contributed by atoms with Gasteiger partial charge in [0.1, 0.15) is 0 Å². The van der Waals surface area contributed by atoms with E-state index in [2.05, 4.69) is 4.98 Å². The number of aromatic nitrogens is 1. The molecule has 1 aromatic heterocycles. The molecule has 3 rings (SSSR count). The highest BCUT2D eigenvalue weighted by Crippen LogP contribution is 2.36. The van der Waals surface area contributed by atoms with Crippen LogP contribution in [0.4, 0.5) is 18.9 Å². The molecule has 0 spiro atoms. The van der Waals surface area contributed by atoms with Crippen molar-refractivity contribution in [3.8, 4) is 11.3 Å². The molecule has 1 aromatic carbocycles. The summed E-state index contributed by atoms with van der Waals surface area (Å²) < 4.78 is 44.8. The van der Waals surface area contributed by atoms with Gasteiger partial charge < -0.3 is 14.6 Å². The minimum absolute atomic E-state index is 0.0350. The molecule has 1 aliphatic rings. The van der Waals surface area contributed by atoms with Crippen LogP contribution in [0.5, 0.6) is 0 Å². The van der Waals surface area contributed by atoms with Crippen LogP contribution in [0.1, 0.15) is 5.56 Å². The van der Waals surface area contributed by atoms with Gasteiger partial charge in [-0.25, -0.2) is 0 Å². The molecule has 7 heteroatoms. The molecule has 1 fully saturated rings. The van der Waals surface area contributed by atoms with E-state index in [9.17, 15) is 18.0 Å². The number of pyridine rings is 1. The van der Waals surface area contributed by atoms with Crippen LogP contribution in [-0.4, -0.2) is 31.3 Å². The van der Waals surface area contributed by atoms with Crippen LogP contribution < -0.4 is 10.5 Å². The minimum Gasteiger partial charge on any atom is -0.378 e. The molecule has 1 saturated heterocycles. The summed E-state index contributed by atoms with van der Waals surface area (Å²) in [5.41, 5.74) is -0.473. The molecular formula is C16H15F3N2O2. The van der Waals surface area contributed by atoms with Gasteiger partial charge in [-0.05, 0) is 12.1 Å². The van der Waals surface area contributed by atoms with Crippen LogP contribution in [0.15, 0.2) is 41.2 Å². The zero-order chi connectivity index (χ0) is 16.4. The van der Waals surface area contributed by atoms with Gasteiger partial charge in [-0.15, -0.1) is 0 Å². The zero-order valence-corrected chi connectivity index (χ0v) is 12.2. The Hall–Kier alpha value is -2.28. The molecule has 0 unspecified atom stereocenters. The SMILES string of the molecule is O=c1cc(N2CCOCC2)cc(-c2ccccc2C(F)(F)F)[nH]1. The first kappa shape index (κ1) is 15.6. The average molecular weight is 324 g/mol. The minimum atomic E-state index is -4.48. The second-order valence-corrected chi connectivity index (χ2v) is 5.26. The van der Waals surface area contributed by atoms with Crippen molar-refractivity contribution in [2.24, 2.45) is 0 Å². The monoisotopic (exact) mass is 324 g/mol. The quantitative estimate of drug-likeness (QED) is 0.924. The number of nitrogens with zero attached hydrogens (tertiary/aromatic N) is 1. The second kappa shape index (κ2) is 6.08. The predicted molar refractivity (Wildman–Crippen MR) is 80.5 cm³/mol. The van der Waals surface area contributed by atoms with E-state index in [0.29, 0.717) is 32.0 Å². The van der Waals surface area contributed by atoms with E-state index in [1.165, 1.54) is 24.3 Å². The molecule has 2 heterocycles. The van der Waals surface area contributed by atoms with Gasteiger partial charge >= 0.3 is 6.18 Å². The molecule has 2 aromatic rings. The molecule has 0 aliphatic carbocycles. The van der Waals surface area contributed by atoms with E-state index in [0.717, 1.165) is 6.07 Å². The van der Waals surface area contributed by atoms with E-state index in [4.69, 9.17) is 4.74 Å². The maximum atomic E-state index is 13.2. The normalized spacial score (nSPS) is 15.7. The standard InChI is InChI=1S/C16H15F3N2O2/c17-16(18,19)13-4-2-1-3-12(13)14-9-11(10-15(22)20-14)21-5-7-23-8-6-21/h1-4,9-10H,5-8H2,(H,20,22). The highest BCUT2D eigenvalue weighted by molar-refractivity contribution is 5.68. The molecule has 1 aliphatic heterocycles. The maximum Gasteiger partial charge on any atom is 0.417 e. The lowest BCUT2D eigenvalue weighted by molar-refractivity contribution is -0.137. The number of hydrogen-bond acceptors (Lipinski definition) is 3. The highest BCUT2D eigenvalue weighted by Gasteiger charge is 2.33. The molecule has 0 radical (unpaired) electrons. The summed E-state index contributed by atoms with van der Waals surface area (Å²) in [5, 5.41) is 0. The van der Waals surface area contributed by atoms with Crippen molar-refractivity contribution in [3.63, 3.8) is 0 Å². The Labute approximate surface area is 130 Å². The lowest BCUT2D eigenvalue weighted by atomic mass is 10.0. The third-order valence-corrected chi connectivity index (χ3v) is 3.73. The molecule has 1 N–H and O–H groups in total. The van der Waals surface area contributed by atoms with Crippen molar-refractivity contribution in [3.05, 3.63) is 52.3 Å². The van der Waals surface area contributed by atoms with Gasteiger partial charge in [-0.1, -0.05) is 18.2 Å². The van der Waals surface area contributed by atoms with E-state index in [1.807, 2.05) is 4.90 Å². The topological polar surface area (TPSA) is 45.3 Å². The summed E-state index contributed by atoms with van der Waals surface area (Å²) >= 11 is 0. The second-order valence-electron chi connectivity index (χ2n) is 5.26. The van der Waals surface area contributed by atoms with Crippen molar-refractivity contribution in [2.45, 2.75) is 6.18 Å². The van der Waals surface area contributed by atoms with Crippen LogP contribution in [0.2, 0.25) is 0 Å². The molecule has 0 saturated carbocycles. The van der Waals surface area contributed by atoms with E-state index < -0.39 is 17.3 Å². The summed E-state index contributed by atoms with van der Waals surface area (Å²) in [6, 6.07) is 8.19. The van der Waals surface area contributed by atoms with Crippen LogP contribution >= 0.6 is 0 Å². The summed E-state index contributed by atoms with van der Waals surface area (Å²) in [6.07, 6.45) is -4.48. The Balaban J connectivity index is 2.07. The Morgan fingerprint density at radius 3 is 2.48 bits per heavy atom. The highest BCUT2D eigenvalue weighted by atomic mass is 19.4. The fraction of sp³-hybridized carbons (Fsp3) is 0.312. The first-order valence-corrected chi connectivity index (χ1v) is 7.19. The number of alkyl halides is 3. The Morgan fingerprint density at radius 2 is 1.78 bits per heavy atom. The Kier molecular flexibility index (Phi) is 4.12. The van der Waals surface area contributed by atoms with Crippen LogP contribution in [0, 0.1) is 0 Å². The first-order valence-electron chi connectivity index (χ1n) is 7.19. The number of benzene rings is 1. The largest absolute Gasteiger partial charge is 0.417 e. The van der Waals surface area contributed by atoms with Gasteiger partial charge in [-0.2, -0.15) is 13.2 Å². The molecule has 23 heavy (non-hydrogen) atoms. The molecular weight excluding hydrogens is 309 g/mol. The fourth-order valence-electron chi connectivity index (χ4n) is 2.64. The Bertz CT molecular complexity index is 749. The van der Waals surface area contributed by atoms with E-state index in [-0.39, 0.29) is 11.3 Å². The van der Waals surface area contributed by atoms with Crippen molar-refractivity contribution in [1.82, 2.24) is 4.98 Å². The van der Waals surface area contributed by atoms with Gasteiger partial charge in [-0.3, -0.25) is 4.79 Å². The van der Waals surface area contributed by atoms with Gasteiger partial charge in [0.2, 0.25) is 5.56 Å². The van der Waals surface area contributed by atoms with Crippen molar-refractivity contribution in [1.29, 1.82) is 0 Å². The molecule has 4 nitrogen and oxygen atoms in total. The molecule has 0 bridgehead atoms. The lowest BCUT2D eigenvalue weighted by Gasteiger charge is -2.29. The average Bonchev–Trinajstić information content (AvgIpc) is 2.54. The van der Waals surface area contributed by atoms with Crippen LogP contribution in [0.3, 0.4) is 0 Å². The van der Waals surface area contributed by atoms with Crippen LogP contribution in [0.25, 0.3) is 11.3 Å². The van der Waals surface area contributed by atoms with Gasteiger partial charge in [0.15, 0.2) is 0 Å². The maximum absolute atomic E-state index is 13.2. The molecule has 0 atom stereocenters. The fourth-order valence-corrected chi connectivity index (χ4v) is 2.64. The van der Waals surface area contributed by atoms with Gasteiger partial charge in [0, 0.05) is 30.4 Å². The number of halogens is 3. The molecule has 0 amide bonds. The number of nitrogens with one attached hydrogen (secondary N) is 1. The summed E-state index contributed by atoms with van der Waals surface area (Å²) in [6.45, 7) is 2.26. The third-order valence-electron chi connectivity index (χ3n) is 3.73. The lowest BCUT2D eigenvalue weighted by Crippen LogP contribution is -2.36. The summed E-state index contributed by atoms with van der Waals surface area (Å²) in [4.78, 5) is 16.3. The van der Waals surface area contributed by atoms with E-state index in [1.54, 1.807) is 6.07 Å². The Morgan fingerprint density at radius 1 is 1.09 bits per heavy atom. The smallest absolute Gasteiger partial charge is 0.378 e. The first-order chi connectivity index (χ1) is 10.9. The third kappa shape index (κ3) is 3.39. The van der Waals surface area contributed by atoms with Gasteiger partial charge in [0.05, 0.1) is 24.5 Å². The number of aromatic amines is 1. The summed E-state index contributed by atoms with van der Waals surface area (Å²) in [7, 11) is 0. The number of rotatable bonds is 2. The number of anilines is 1. The predicted octanol–water partition coefficient (Wildman–Crippen LogP) is 2.90. The number of ether oxygens (including phenoxy) is 1. The van der Waals surface area contributed by atoms with Crippen molar-refractivity contribution >= 4 is 5.69 Å². The number of hydrogen-bond donors (Lipinski definition) is 1.